The molecular formula is C13H14N2O3. The van der Waals surface area contributed by atoms with E-state index in [1.165, 1.54) is 0 Å². The Morgan fingerprint density at radius 3 is 2.44 bits per heavy atom. The number of benzene rings is 1. The molecule has 0 bridgehead atoms. The summed E-state index contributed by atoms with van der Waals surface area (Å²) in [5.74, 6) is 1.39. The highest BCUT2D eigenvalue weighted by atomic mass is 16.6. The molecule has 5 nitrogen and oxygen atoms in total. The second-order valence-electron chi connectivity index (χ2n) is 4.35. The first-order valence-electron chi connectivity index (χ1n) is 5.68. The maximum Gasteiger partial charge on any atom is 0.198 e. The van der Waals surface area contributed by atoms with Crippen LogP contribution in [0.5, 0.6) is 5.75 Å². The fourth-order valence-corrected chi connectivity index (χ4v) is 2.03. The van der Waals surface area contributed by atoms with Crippen LogP contribution in [0, 0.1) is 6.92 Å². The maximum atomic E-state index is 5.96. The Bertz CT molecular complexity index is 570. The van der Waals surface area contributed by atoms with E-state index < -0.39 is 5.60 Å². The second-order valence-corrected chi connectivity index (χ2v) is 4.35. The number of nitrogens with two attached hydrogens (primary N) is 1. The van der Waals surface area contributed by atoms with Crippen LogP contribution in [-0.2, 0) is 10.3 Å². The molecule has 94 valence electrons. The van der Waals surface area contributed by atoms with E-state index in [2.05, 4.69) is 5.16 Å². The van der Waals surface area contributed by atoms with Crippen molar-refractivity contribution in [3.63, 3.8) is 0 Å². The fraction of sp³-hybridized carbons (Fsp3) is 0.308. The number of hydrogen-bond acceptors (Lipinski definition) is 5. The molecule has 2 heterocycles. The van der Waals surface area contributed by atoms with Crippen LogP contribution in [0.3, 0.4) is 0 Å². The smallest absolute Gasteiger partial charge is 0.198 e. The van der Waals surface area contributed by atoms with E-state index >= 15 is 0 Å². The lowest BCUT2D eigenvalue weighted by Crippen LogP contribution is -2.12. The van der Waals surface area contributed by atoms with Crippen molar-refractivity contribution in [3.05, 3.63) is 41.3 Å². The molecule has 3 rings (SSSR count). The molecule has 18 heavy (non-hydrogen) atoms. The molecule has 0 spiro atoms. The minimum atomic E-state index is -0.572. The monoisotopic (exact) mass is 246 g/mol. The number of rotatable bonds is 3. The molecule has 1 saturated heterocycles. The summed E-state index contributed by atoms with van der Waals surface area (Å²) < 4.78 is 16.0. The Hall–Kier alpha value is -2.01. The van der Waals surface area contributed by atoms with E-state index in [0.717, 1.165) is 11.3 Å². The molecule has 1 fully saturated rings. The average molecular weight is 246 g/mol. The van der Waals surface area contributed by atoms with E-state index in [0.29, 0.717) is 23.7 Å². The number of nitrogens with zero attached hydrogens (tertiary/aromatic N) is 1. The van der Waals surface area contributed by atoms with Gasteiger partial charge in [0, 0.05) is 0 Å². The molecule has 2 N–H and O–H groups in total. The molecule has 1 aromatic heterocycles. The number of aromatic nitrogens is 1. The number of nitrogen functional groups attached to an aromatic ring is 1. The first-order chi connectivity index (χ1) is 8.67. The minimum Gasteiger partial charge on any atom is -0.497 e. The van der Waals surface area contributed by atoms with Gasteiger partial charge in [-0.1, -0.05) is 17.3 Å². The zero-order valence-electron chi connectivity index (χ0n) is 10.3. The third-order valence-corrected chi connectivity index (χ3v) is 3.26. The normalized spacial score (nSPS) is 21.9. The van der Waals surface area contributed by atoms with E-state index in [1.54, 1.807) is 7.11 Å². The van der Waals surface area contributed by atoms with E-state index in [1.807, 2.05) is 31.2 Å². The number of ether oxygens (including phenoxy) is 2. The van der Waals surface area contributed by atoms with Gasteiger partial charge >= 0.3 is 0 Å². The van der Waals surface area contributed by atoms with Gasteiger partial charge in [-0.25, -0.2) is 0 Å². The van der Waals surface area contributed by atoms with Gasteiger partial charge in [0.2, 0.25) is 0 Å². The van der Waals surface area contributed by atoms with Crippen molar-refractivity contribution < 1.29 is 14.0 Å². The molecule has 0 amide bonds. The predicted molar refractivity (Wildman–Crippen MR) is 65.4 cm³/mol. The zero-order valence-corrected chi connectivity index (χ0v) is 10.3. The van der Waals surface area contributed by atoms with Gasteiger partial charge in [0.05, 0.1) is 13.7 Å². The second kappa shape index (κ2) is 3.74. The van der Waals surface area contributed by atoms with Gasteiger partial charge in [0.25, 0.3) is 0 Å². The summed E-state index contributed by atoms with van der Waals surface area (Å²) in [7, 11) is 1.64. The van der Waals surface area contributed by atoms with Crippen LogP contribution >= 0.6 is 0 Å². The van der Waals surface area contributed by atoms with Crippen LogP contribution in [0.15, 0.2) is 28.8 Å². The van der Waals surface area contributed by atoms with Crippen molar-refractivity contribution in [1.29, 1.82) is 0 Å². The molecular weight excluding hydrogens is 232 g/mol. The van der Waals surface area contributed by atoms with Crippen molar-refractivity contribution in [2.24, 2.45) is 0 Å². The lowest BCUT2D eigenvalue weighted by molar-refractivity contribution is 0.274. The van der Waals surface area contributed by atoms with Crippen LogP contribution < -0.4 is 10.5 Å². The summed E-state index contributed by atoms with van der Waals surface area (Å²) in [6.07, 6.45) is 0. The van der Waals surface area contributed by atoms with Gasteiger partial charge in [0.15, 0.2) is 11.4 Å². The van der Waals surface area contributed by atoms with Crippen LogP contribution in [-0.4, -0.2) is 18.9 Å². The highest BCUT2D eigenvalue weighted by Crippen LogP contribution is 2.48. The predicted octanol–water partition coefficient (Wildman–Crippen LogP) is 1.85. The molecule has 2 aromatic rings. The van der Waals surface area contributed by atoms with Crippen LogP contribution in [0.4, 0.5) is 5.69 Å². The van der Waals surface area contributed by atoms with Crippen LogP contribution in [0.1, 0.15) is 17.0 Å². The molecule has 0 saturated carbocycles. The van der Waals surface area contributed by atoms with Crippen LogP contribution in [0.25, 0.3) is 0 Å². The Morgan fingerprint density at radius 2 is 2.00 bits per heavy atom. The summed E-state index contributed by atoms with van der Waals surface area (Å²) in [5, 5.41) is 3.88. The zero-order chi connectivity index (χ0) is 12.8. The molecule has 1 aliphatic rings. The van der Waals surface area contributed by atoms with Crippen molar-refractivity contribution >= 4 is 5.69 Å². The number of epoxide rings is 1. The first-order valence-corrected chi connectivity index (χ1v) is 5.68. The maximum absolute atomic E-state index is 5.96. The highest BCUT2D eigenvalue weighted by Gasteiger charge is 2.53. The third kappa shape index (κ3) is 1.48. The van der Waals surface area contributed by atoms with E-state index in [-0.39, 0.29) is 0 Å². The molecule has 1 aromatic carbocycles. The fourth-order valence-electron chi connectivity index (χ4n) is 2.03. The van der Waals surface area contributed by atoms with E-state index in [9.17, 15) is 0 Å². The standard InChI is InChI=1S/C13H14N2O3/c1-8-11(14)12(18-15-8)13(7-17-13)9-3-5-10(16-2)6-4-9/h3-6H,7,14H2,1-2H3. The topological polar surface area (TPSA) is 73.8 Å². The van der Waals surface area contributed by atoms with Gasteiger partial charge in [0.1, 0.15) is 17.1 Å². The van der Waals surface area contributed by atoms with Gasteiger partial charge in [-0.05, 0) is 24.6 Å². The van der Waals surface area contributed by atoms with Gasteiger partial charge in [-0.2, -0.15) is 0 Å². The average Bonchev–Trinajstić information content (AvgIpc) is 3.14. The highest BCUT2D eigenvalue weighted by molar-refractivity contribution is 5.54. The van der Waals surface area contributed by atoms with Gasteiger partial charge in [-0.3, -0.25) is 0 Å². The summed E-state index contributed by atoms with van der Waals surface area (Å²) >= 11 is 0. The lowest BCUT2D eigenvalue weighted by atomic mass is 9.96. The molecule has 0 radical (unpaired) electrons. The third-order valence-electron chi connectivity index (χ3n) is 3.26. The Balaban J connectivity index is 2.02. The summed E-state index contributed by atoms with van der Waals surface area (Å²) in [6.45, 7) is 2.37. The quantitative estimate of drug-likeness (QED) is 0.836. The summed E-state index contributed by atoms with van der Waals surface area (Å²) in [5.41, 5.74) is 7.63. The SMILES string of the molecule is COc1ccc(C2(c3onc(C)c3N)CO2)cc1. The number of anilines is 1. The van der Waals surface area contributed by atoms with Crippen molar-refractivity contribution in [1.82, 2.24) is 5.16 Å². The Kier molecular flexibility index (Phi) is 2.31. The van der Waals surface area contributed by atoms with Crippen molar-refractivity contribution in [3.8, 4) is 5.75 Å². The minimum absolute atomic E-state index is 0.554. The molecule has 1 aliphatic heterocycles. The molecule has 1 unspecified atom stereocenters. The largest absolute Gasteiger partial charge is 0.497 e. The van der Waals surface area contributed by atoms with E-state index in [4.69, 9.17) is 19.7 Å². The summed E-state index contributed by atoms with van der Waals surface area (Å²) in [6, 6.07) is 7.67. The Labute approximate surface area is 104 Å². The molecule has 5 heteroatoms. The molecule has 1 atom stereocenters. The van der Waals surface area contributed by atoms with Gasteiger partial charge in [-0.15, -0.1) is 0 Å². The lowest BCUT2D eigenvalue weighted by Gasteiger charge is -2.10. The van der Waals surface area contributed by atoms with Crippen LogP contribution in [0.2, 0.25) is 0 Å². The van der Waals surface area contributed by atoms with Crippen molar-refractivity contribution in [2.75, 3.05) is 19.5 Å². The molecule has 0 aliphatic carbocycles. The number of methoxy groups -OCH3 is 1. The number of aryl methyl sites for hydroxylation is 1. The number of hydrogen-bond donors (Lipinski definition) is 1. The first kappa shape index (κ1) is 11.1. The van der Waals surface area contributed by atoms with Crippen molar-refractivity contribution in [2.45, 2.75) is 12.5 Å². The Morgan fingerprint density at radius 1 is 1.33 bits per heavy atom. The van der Waals surface area contributed by atoms with Gasteiger partial charge < -0.3 is 19.7 Å². The summed E-state index contributed by atoms with van der Waals surface area (Å²) in [4.78, 5) is 0.